The Morgan fingerprint density at radius 1 is 1.00 bits per heavy atom. The zero-order valence-electron chi connectivity index (χ0n) is 13.9. The summed E-state index contributed by atoms with van der Waals surface area (Å²) in [4.78, 5) is 23.9. The summed E-state index contributed by atoms with van der Waals surface area (Å²) < 4.78 is 15.2. The molecule has 0 saturated carbocycles. The third-order valence-corrected chi connectivity index (χ3v) is 3.58. The third-order valence-electron chi connectivity index (χ3n) is 3.32. The van der Waals surface area contributed by atoms with E-state index in [-0.39, 0.29) is 12.2 Å². The summed E-state index contributed by atoms with van der Waals surface area (Å²) in [5.74, 6) is -0.131. The molecule has 0 unspecified atom stereocenters. The lowest BCUT2D eigenvalue weighted by molar-refractivity contribution is -0.124. The lowest BCUT2D eigenvalue weighted by Crippen LogP contribution is -2.28. The number of methoxy groups -OCH3 is 2. The molecule has 25 heavy (non-hydrogen) atoms. The Morgan fingerprint density at radius 2 is 1.60 bits per heavy atom. The van der Waals surface area contributed by atoms with Gasteiger partial charge in [0.1, 0.15) is 11.5 Å². The zero-order valence-corrected chi connectivity index (χ0v) is 14.6. The van der Waals surface area contributed by atoms with Crippen LogP contribution in [-0.2, 0) is 16.1 Å². The van der Waals surface area contributed by atoms with E-state index in [9.17, 15) is 9.59 Å². The summed E-state index contributed by atoms with van der Waals surface area (Å²) in [6, 6.07) is 11.7. The number of hydrogen-bond donors (Lipinski definition) is 1. The van der Waals surface area contributed by atoms with Crippen LogP contribution in [0.3, 0.4) is 0 Å². The van der Waals surface area contributed by atoms with Crippen molar-refractivity contribution < 1.29 is 23.8 Å². The van der Waals surface area contributed by atoms with E-state index in [0.717, 1.165) is 5.56 Å². The van der Waals surface area contributed by atoms with Gasteiger partial charge in [0.15, 0.2) is 6.61 Å². The number of ether oxygens (including phenoxy) is 3. The van der Waals surface area contributed by atoms with Crippen LogP contribution >= 0.6 is 11.6 Å². The molecule has 0 saturated heterocycles. The summed E-state index contributed by atoms with van der Waals surface area (Å²) in [6.07, 6.45) is 0. The maximum atomic E-state index is 12.1. The topological polar surface area (TPSA) is 73.9 Å². The number of benzene rings is 2. The van der Waals surface area contributed by atoms with Crippen LogP contribution in [0.5, 0.6) is 11.5 Å². The van der Waals surface area contributed by atoms with E-state index in [1.165, 1.54) is 26.4 Å². The predicted molar refractivity (Wildman–Crippen MR) is 93.1 cm³/mol. The molecular weight excluding hydrogens is 346 g/mol. The van der Waals surface area contributed by atoms with E-state index in [1.807, 2.05) is 0 Å². The van der Waals surface area contributed by atoms with Crippen molar-refractivity contribution in [2.75, 3.05) is 20.8 Å². The minimum Gasteiger partial charge on any atom is -0.497 e. The molecule has 7 heteroatoms. The highest BCUT2D eigenvalue weighted by molar-refractivity contribution is 6.30. The van der Waals surface area contributed by atoms with E-state index in [0.29, 0.717) is 23.1 Å². The van der Waals surface area contributed by atoms with Gasteiger partial charge < -0.3 is 19.5 Å². The summed E-state index contributed by atoms with van der Waals surface area (Å²) >= 11 is 5.80. The van der Waals surface area contributed by atoms with Crippen LogP contribution in [0.2, 0.25) is 5.02 Å². The average Bonchev–Trinajstić information content (AvgIpc) is 2.65. The highest BCUT2D eigenvalue weighted by Gasteiger charge is 2.13. The van der Waals surface area contributed by atoms with Crippen LogP contribution in [0.15, 0.2) is 42.5 Å². The first-order chi connectivity index (χ1) is 12.0. The van der Waals surface area contributed by atoms with Crippen molar-refractivity contribution in [3.05, 3.63) is 58.6 Å². The predicted octanol–water partition coefficient (Wildman–Crippen LogP) is 2.83. The lowest BCUT2D eigenvalue weighted by Gasteiger charge is -2.09. The molecule has 0 bridgehead atoms. The van der Waals surface area contributed by atoms with Crippen LogP contribution in [-0.4, -0.2) is 32.7 Å². The van der Waals surface area contributed by atoms with Gasteiger partial charge in [-0.25, -0.2) is 4.79 Å². The maximum absolute atomic E-state index is 12.1. The van der Waals surface area contributed by atoms with Gasteiger partial charge >= 0.3 is 5.97 Å². The number of esters is 1. The van der Waals surface area contributed by atoms with E-state index >= 15 is 0 Å². The van der Waals surface area contributed by atoms with Crippen LogP contribution in [0.25, 0.3) is 0 Å². The Balaban J connectivity index is 1.86. The second-order valence-electron chi connectivity index (χ2n) is 5.08. The number of rotatable bonds is 7. The zero-order chi connectivity index (χ0) is 18.2. The molecule has 0 spiro atoms. The van der Waals surface area contributed by atoms with Crippen molar-refractivity contribution in [1.29, 1.82) is 0 Å². The van der Waals surface area contributed by atoms with Gasteiger partial charge in [-0.1, -0.05) is 23.7 Å². The Kier molecular flexibility index (Phi) is 6.65. The molecule has 132 valence electrons. The molecule has 0 heterocycles. The van der Waals surface area contributed by atoms with Crippen molar-refractivity contribution in [2.24, 2.45) is 0 Å². The number of halogens is 1. The number of nitrogens with one attached hydrogen (secondary N) is 1. The lowest BCUT2D eigenvalue weighted by atomic mass is 10.2. The highest BCUT2D eigenvalue weighted by atomic mass is 35.5. The molecule has 0 aliphatic heterocycles. The first-order valence-electron chi connectivity index (χ1n) is 7.43. The number of hydrogen-bond acceptors (Lipinski definition) is 5. The van der Waals surface area contributed by atoms with Crippen molar-refractivity contribution in [3.63, 3.8) is 0 Å². The first-order valence-corrected chi connectivity index (χ1v) is 7.81. The Labute approximate surface area is 150 Å². The molecule has 0 aliphatic carbocycles. The number of carbonyl (C=O) groups excluding carboxylic acids is 2. The summed E-state index contributed by atoms with van der Waals surface area (Å²) in [7, 11) is 2.96. The molecule has 2 rings (SSSR count). The third kappa shape index (κ3) is 5.69. The standard InChI is InChI=1S/C18H18ClNO5/c1-23-15-7-13(8-16(9-15)24-2)18(22)25-11-17(21)20-10-12-3-5-14(19)6-4-12/h3-9H,10-11H2,1-2H3,(H,20,21). The number of carbonyl (C=O) groups is 2. The Morgan fingerprint density at radius 3 is 2.16 bits per heavy atom. The molecule has 2 aromatic carbocycles. The number of amides is 1. The SMILES string of the molecule is COc1cc(OC)cc(C(=O)OCC(=O)NCc2ccc(Cl)cc2)c1. The van der Waals surface area contributed by atoms with Gasteiger partial charge in [-0.3, -0.25) is 4.79 Å². The summed E-state index contributed by atoms with van der Waals surface area (Å²) in [5.41, 5.74) is 1.13. The van der Waals surface area contributed by atoms with Crippen LogP contribution in [0.1, 0.15) is 15.9 Å². The molecule has 1 amide bonds. The van der Waals surface area contributed by atoms with E-state index in [1.54, 1.807) is 30.3 Å². The van der Waals surface area contributed by atoms with Gasteiger partial charge in [-0.05, 0) is 29.8 Å². The second kappa shape index (κ2) is 8.94. The Hall–Kier alpha value is -2.73. The van der Waals surface area contributed by atoms with Crippen LogP contribution in [0, 0.1) is 0 Å². The normalized spacial score (nSPS) is 10.0. The fourth-order valence-corrected chi connectivity index (χ4v) is 2.12. The maximum Gasteiger partial charge on any atom is 0.338 e. The van der Waals surface area contributed by atoms with Gasteiger partial charge in [-0.15, -0.1) is 0 Å². The molecule has 0 aromatic heterocycles. The summed E-state index contributed by atoms with van der Waals surface area (Å²) in [6.45, 7) is -0.0630. The van der Waals surface area contributed by atoms with E-state index < -0.39 is 11.9 Å². The molecule has 0 aliphatic rings. The smallest absolute Gasteiger partial charge is 0.338 e. The fraction of sp³-hybridized carbons (Fsp3) is 0.222. The molecule has 0 fully saturated rings. The molecular formula is C18H18ClNO5. The van der Waals surface area contributed by atoms with E-state index in [4.69, 9.17) is 25.8 Å². The minimum atomic E-state index is -0.640. The van der Waals surface area contributed by atoms with Gasteiger partial charge in [0.05, 0.1) is 19.8 Å². The molecule has 6 nitrogen and oxygen atoms in total. The monoisotopic (exact) mass is 363 g/mol. The molecule has 0 atom stereocenters. The van der Waals surface area contributed by atoms with Gasteiger partial charge in [0.2, 0.25) is 0 Å². The van der Waals surface area contributed by atoms with Gasteiger partial charge in [0.25, 0.3) is 5.91 Å². The Bertz CT molecular complexity index is 723. The van der Waals surface area contributed by atoms with Crippen molar-refractivity contribution in [3.8, 4) is 11.5 Å². The molecule has 0 radical (unpaired) electrons. The molecule has 1 N–H and O–H groups in total. The molecule has 2 aromatic rings. The largest absolute Gasteiger partial charge is 0.497 e. The summed E-state index contributed by atoms with van der Waals surface area (Å²) in [5, 5.41) is 3.28. The highest BCUT2D eigenvalue weighted by Crippen LogP contribution is 2.22. The van der Waals surface area contributed by atoms with Crippen LogP contribution in [0.4, 0.5) is 0 Å². The van der Waals surface area contributed by atoms with Gasteiger partial charge in [0, 0.05) is 17.6 Å². The fourth-order valence-electron chi connectivity index (χ4n) is 1.99. The van der Waals surface area contributed by atoms with Crippen molar-refractivity contribution in [1.82, 2.24) is 5.32 Å². The quantitative estimate of drug-likeness (QED) is 0.766. The first kappa shape index (κ1) is 18.6. The van der Waals surface area contributed by atoms with Crippen molar-refractivity contribution in [2.45, 2.75) is 6.54 Å². The minimum absolute atomic E-state index is 0.238. The van der Waals surface area contributed by atoms with E-state index in [2.05, 4.69) is 5.32 Å². The van der Waals surface area contributed by atoms with Crippen molar-refractivity contribution >= 4 is 23.5 Å². The second-order valence-corrected chi connectivity index (χ2v) is 5.52. The van der Waals surface area contributed by atoms with Gasteiger partial charge in [-0.2, -0.15) is 0 Å². The van der Waals surface area contributed by atoms with Crippen LogP contribution < -0.4 is 14.8 Å². The average molecular weight is 364 g/mol.